The van der Waals surface area contributed by atoms with Crippen molar-refractivity contribution in [3.8, 4) is 11.5 Å². The first kappa shape index (κ1) is 15.4. The first-order valence-corrected chi connectivity index (χ1v) is 6.44. The smallest absolute Gasteiger partial charge is 0.339 e. The molecule has 0 unspecified atom stereocenters. The number of carboxylic acids is 1. The molecular weight excluding hydrogens is 286 g/mol. The van der Waals surface area contributed by atoms with Crippen LogP contribution in [0.2, 0.25) is 0 Å². The van der Waals surface area contributed by atoms with E-state index in [2.05, 4.69) is 5.32 Å². The Hall–Kier alpha value is -3.02. The van der Waals surface area contributed by atoms with Crippen molar-refractivity contribution in [3.63, 3.8) is 0 Å². The van der Waals surface area contributed by atoms with Gasteiger partial charge in [0, 0.05) is 11.3 Å². The fourth-order valence-corrected chi connectivity index (χ4v) is 1.96. The number of phenols is 1. The molecule has 0 heterocycles. The number of carbonyl (C=O) groups excluding carboxylic acids is 1. The summed E-state index contributed by atoms with van der Waals surface area (Å²) in [5.74, 6) is -1.33. The minimum atomic E-state index is -1.26. The van der Waals surface area contributed by atoms with Gasteiger partial charge in [-0.2, -0.15) is 0 Å². The lowest BCUT2D eigenvalue weighted by molar-refractivity contribution is 0.0693. The fraction of sp³-hybridized carbons (Fsp3) is 0.125. The number of aromatic hydroxyl groups is 1. The Bertz CT molecular complexity index is 722. The molecule has 0 saturated heterocycles. The van der Waals surface area contributed by atoms with Gasteiger partial charge in [0.1, 0.15) is 17.1 Å². The number of anilines is 1. The number of hydrogen-bond acceptors (Lipinski definition) is 4. The van der Waals surface area contributed by atoms with Crippen LogP contribution in [0.1, 0.15) is 26.3 Å². The summed E-state index contributed by atoms with van der Waals surface area (Å²) in [4.78, 5) is 23.2. The summed E-state index contributed by atoms with van der Waals surface area (Å²) in [6.45, 7) is 1.56. The number of hydrogen-bond donors (Lipinski definition) is 3. The average molecular weight is 301 g/mol. The normalized spacial score (nSPS) is 10.1. The van der Waals surface area contributed by atoms with Gasteiger partial charge in [-0.1, -0.05) is 0 Å². The van der Waals surface area contributed by atoms with Crippen LogP contribution in [0.5, 0.6) is 11.5 Å². The topological polar surface area (TPSA) is 95.9 Å². The van der Waals surface area contributed by atoms with E-state index >= 15 is 0 Å². The van der Waals surface area contributed by atoms with Crippen molar-refractivity contribution in [1.82, 2.24) is 0 Å². The maximum absolute atomic E-state index is 12.1. The van der Waals surface area contributed by atoms with Gasteiger partial charge in [-0.3, -0.25) is 4.79 Å². The third-order valence-corrected chi connectivity index (χ3v) is 3.14. The lowest BCUT2D eigenvalue weighted by Gasteiger charge is -2.10. The highest BCUT2D eigenvalue weighted by atomic mass is 16.5. The van der Waals surface area contributed by atoms with Crippen LogP contribution in [0.15, 0.2) is 36.4 Å². The highest BCUT2D eigenvalue weighted by molar-refractivity contribution is 6.05. The summed E-state index contributed by atoms with van der Waals surface area (Å²) in [7, 11) is 1.53. The second-order valence-corrected chi connectivity index (χ2v) is 4.68. The van der Waals surface area contributed by atoms with Crippen molar-refractivity contribution < 1.29 is 24.5 Å². The predicted molar refractivity (Wildman–Crippen MR) is 80.8 cm³/mol. The average Bonchev–Trinajstić information content (AvgIpc) is 2.50. The van der Waals surface area contributed by atoms with E-state index in [4.69, 9.17) is 9.84 Å². The Morgan fingerprint density at radius 1 is 1.14 bits per heavy atom. The Labute approximate surface area is 127 Å². The largest absolute Gasteiger partial charge is 0.507 e. The van der Waals surface area contributed by atoms with E-state index < -0.39 is 5.97 Å². The first-order chi connectivity index (χ1) is 10.4. The highest BCUT2D eigenvalue weighted by Crippen LogP contribution is 2.27. The maximum Gasteiger partial charge on any atom is 0.339 e. The SMILES string of the molecule is COc1ccc(C(=O)Nc2cc(C)c(O)c(C(=O)O)c2)cc1. The van der Waals surface area contributed by atoms with Crippen molar-refractivity contribution in [3.05, 3.63) is 53.1 Å². The van der Waals surface area contributed by atoms with Crippen LogP contribution in [-0.2, 0) is 0 Å². The van der Waals surface area contributed by atoms with Crippen molar-refractivity contribution >= 4 is 17.6 Å². The van der Waals surface area contributed by atoms with Crippen LogP contribution in [0.3, 0.4) is 0 Å². The predicted octanol–water partition coefficient (Wildman–Crippen LogP) is 2.66. The van der Waals surface area contributed by atoms with Gasteiger partial charge >= 0.3 is 5.97 Å². The van der Waals surface area contributed by atoms with Crippen molar-refractivity contribution in [2.45, 2.75) is 6.92 Å². The van der Waals surface area contributed by atoms with Gasteiger partial charge in [0.15, 0.2) is 0 Å². The molecule has 6 nitrogen and oxygen atoms in total. The van der Waals surface area contributed by atoms with Crippen molar-refractivity contribution in [1.29, 1.82) is 0 Å². The molecule has 3 N–H and O–H groups in total. The van der Waals surface area contributed by atoms with E-state index in [1.165, 1.54) is 19.2 Å². The second kappa shape index (κ2) is 6.17. The standard InChI is InChI=1S/C16H15NO5/c1-9-7-11(8-13(14(9)18)16(20)21)17-15(19)10-3-5-12(22-2)6-4-10/h3-8,18H,1-2H3,(H,17,19)(H,20,21). The molecule has 1 amide bonds. The minimum absolute atomic E-state index is 0.259. The van der Waals surface area contributed by atoms with Crippen LogP contribution >= 0.6 is 0 Å². The monoisotopic (exact) mass is 301 g/mol. The van der Waals surface area contributed by atoms with Crippen LogP contribution in [-0.4, -0.2) is 29.2 Å². The quantitative estimate of drug-likeness (QED) is 0.754. The summed E-state index contributed by atoms with van der Waals surface area (Å²) in [6.07, 6.45) is 0. The van der Waals surface area contributed by atoms with Gasteiger partial charge in [-0.15, -0.1) is 0 Å². The van der Waals surface area contributed by atoms with Gasteiger partial charge in [0.25, 0.3) is 5.91 Å². The summed E-state index contributed by atoms with van der Waals surface area (Å²) in [5.41, 5.74) is 0.812. The highest BCUT2D eigenvalue weighted by Gasteiger charge is 2.15. The lowest BCUT2D eigenvalue weighted by atomic mass is 10.1. The molecule has 2 aromatic rings. The molecule has 2 aromatic carbocycles. The van der Waals surface area contributed by atoms with E-state index in [0.29, 0.717) is 22.6 Å². The third-order valence-electron chi connectivity index (χ3n) is 3.14. The number of nitrogens with one attached hydrogen (secondary N) is 1. The van der Waals surface area contributed by atoms with Crippen LogP contribution in [0.25, 0.3) is 0 Å². The molecule has 0 aliphatic heterocycles. The zero-order valence-corrected chi connectivity index (χ0v) is 12.1. The van der Waals surface area contributed by atoms with E-state index in [-0.39, 0.29) is 17.2 Å². The van der Waals surface area contributed by atoms with Crippen LogP contribution in [0, 0.1) is 6.92 Å². The number of amides is 1. The van der Waals surface area contributed by atoms with Gasteiger partial charge in [0.2, 0.25) is 0 Å². The van der Waals surface area contributed by atoms with Gasteiger partial charge in [-0.25, -0.2) is 4.79 Å². The molecule has 0 aromatic heterocycles. The summed E-state index contributed by atoms with van der Waals surface area (Å²) in [5, 5.41) is 21.3. The number of benzene rings is 2. The minimum Gasteiger partial charge on any atom is -0.507 e. The van der Waals surface area contributed by atoms with Crippen LogP contribution in [0.4, 0.5) is 5.69 Å². The van der Waals surface area contributed by atoms with E-state index in [0.717, 1.165) is 0 Å². The number of carbonyl (C=O) groups is 2. The molecule has 0 aliphatic carbocycles. The Kier molecular flexibility index (Phi) is 4.31. The number of ether oxygens (including phenoxy) is 1. The number of methoxy groups -OCH3 is 1. The zero-order chi connectivity index (χ0) is 16.3. The van der Waals surface area contributed by atoms with E-state index in [9.17, 15) is 14.7 Å². The number of rotatable bonds is 4. The summed E-state index contributed by atoms with van der Waals surface area (Å²) < 4.78 is 5.01. The number of aromatic carboxylic acids is 1. The zero-order valence-electron chi connectivity index (χ0n) is 12.1. The van der Waals surface area contributed by atoms with Crippen molar-refractivity contribution in [2.24, 2.45) is 0 Å². The number of aryl methyl sites for hydroxylation is 1. The van der Waals surface area contributed by atoms with Gasteiger partial charge < -0.3 is 20.3 Å². The molecule has 114 valence electrons. The van der Waals surface area contributed by atoms with E-state index in [1.807, 2.05) is 0 Å². The first-order valence-electron chi connectivity index (χ1n) is 6.44. The molecule has 22 heavy (non-hydrogen) atoms. The lowest BCUT2D eigenvalue weighted by Crippen LogP contribution is -2.12. The Morgan fingerprint density at radius 2 is 1.77 bits per heavy atom. The molecule has 0 atom stereocenters. The summed E-state index contributed by atoms with van der Waals surface area (Å²) in [6, 6.07) is 9.22. The molecule has 0 fully saturated rings. The van der Waals surface area contributed by atoms with E-state index in [1.54, 1.807) is 31.2 Å². The molecule has 2 rings (SSSR count). The molecule has 0 saturated carbocycles. The van der Waals surface area contributed by atoms with Gasteiger partial charge in [-0.05, 0) is 48.9 Å². The molecule has 0 bridgehead atoms. The van der Waals surface area contributed by atoms with Gasteiger partial charge in [0.05, 0.1) is 7.11 Å². The van der Waals surface area contributed by atoms with Crippen LogP contribution < -0.4 is 10.1 Å². The van der Waals surface area contributed by atoms with Crippen molar-refractivity contribution in [2.75, 3.05) is 12.4 Å². The molecule has 0 radical (unpaired) electrons. The molecular formula is C16H15NO5. The maximum atomic E-state index is 12.1. The second-order valence-electron chi connectivity index (χ2n) is 4.68. The third kappa shape index (κ3) is 3.17. The summed E-state index contributed by atoms with van der Waals surface area (Å²) >= 11 is 0. The number of carboxylic acid groups (broad SMARTS) is 1. The molecule has 0 spiro atoms. The Balaban J connectivity index is 2.26. The molecule has 0 aliphatic rings. The fourth-order valence-electron chi connectivity index (χ4n) is 1.96. The Morgan fingerprint density at radius 3 is 2.32 bits per heavy atom. The molecule has 6 heteroatoms.